The maximum atomic E-state index is 13.0. The number of benzene rings is 1. The van der Waals surface area contributed by atoms with Crippen LogP contribution in [0.5, 0.6) is 0 Å². The lowest BCUT2D eigenvalue weighted by Crippen LogP contribution is -2.07. The highest BCUT2D eigenvalue weighted by molar-refractivity contribution is 6.18. The summed E-state index contributed by atoms with van der Waals surface area (Å²) in [6.07, 6.45) is 4.10. The standard InChI is InChI=1S/C14H20ClFO/c1-17-8-3-2-5-13(11-15)9-12-6-4-7-14(16)10-12/h4,6-7,10,13H,2-3,5,8-9,11H2,1H3. The van der Waals surface area contributed by atoms with Crippen molar-refractivity contribution in [1.82, 2.24) is 0 Å². The van der Waals surface area contributed by atoms with Gasteiger partial charge in [-0.2, -0.15) is 0 Å². The van der Waals surface area contributed by atoms with E-state index in [0.717, 1.165) is 37.9 Å². The minimum atomic E-state index is -0.171. The van der Waals surface area contributed by atoms with Crippen LogP contribution in [0.4, 0.5) is 4.39 Å². The molecule has 1 rings (SSSR count). The number of rotatable bonds is 8. The second-order valence-electron chi connectivity index (χ2n) is 4.34. The molecule has 0 spiro atoms. The van der Waals surface area contributed by atoms with Gasteiger partial charge in [0.15, 0.2) is 0 Å². The van der Waals surface area contributed by atoms with E-state index < -0.39 is 0 Å². The summed E-state index contributed by atoms with van der Waals surface area (Å²) in [7, 11) is 1.71. The molecule has 1 unspecified atom stereocenters. The molecule has 1 nitrogen and oxygen atoms in total. The first-order chi connectivity index (χ1) is 8.26. The summed E-state index contributed by atoms with van der Waals surface area (Å²) in [5, 5.41) is 0. The molecule has 17 heavy (non-hydrogen) atoms. The van der Waals surface area contributed by atoms with Gasteiger partial charge in [-0.3, -0.25) is 0 Å². The van der Waals surface area contributed by atoms with Gasteiger partial charge in [0.05, 0.1) is 0 Å². The summed E-state index contributed by atoms with van der Waals surface area (Å²) in [4.78, 5) is 0. The molecule has 0 aromatic heterocycles. The van der Waals surface area contributed by atoms with Crippen molar-refractivity contribution in [2.45, 2.75) is 25.7 Å². The highest BCUT2D eigenvalue weighted by atomic mass is 35.5. The van der Waals surface area contributed by atoms with Crippen LogP contribution in [-0.4, -0.2) is 19.6 Å². The Morgan fingerprint density at radius 3 is 2.82 bits per heavy atom. The normalized spacial score (nSPS) is 12.6. The lowest BCUT2D eigenvalue weighted by molar-refractivity contribution is 0.190. The lowest BCUT2D eigenvalue weighted by Gasteiger charge is -2.13. The molecule has 0 amide bonds. The Hall–Kier alpha value is -0.600. The number of hydrogen-bond acceptors (Lipinski definition) is 1. The Bertz CT molecular complexity index is 317. The molecule has 0 saturated carbocycles. The van der Waals surface area contributed by atoms with Crippen LogP contribution in [0.15, 0.2) is 24.3 Å². The number of halogens is 2. The highest BCUT2D eigenvalue weighted by Crippen LogP contribution is 2.17. The van der Waals surface area contributed by atoms with Gasteiger partial charge in [-0.25, -0.2) is 4.39 Å². The van der Waals surface area contributed by atoms with Crippen LogP contribution in [0.3, 0.4) is 0 Å². The van der Waals surface area contributed by atoms with E-state index in [1.807, 2.05) is 6.07 Å². The summed E-state index contributed by atoms with van der Waals surface area (Å²) < 4.78 is 18.0. The number of unbranched alkanes of at least 4 members (excludes halogenated alkanes) is 1. The van der Waals surface area contributed by atoms with Gasteiger partial charge < -0.3 is 4.74 Å². The average Bonchev–Trinajstić information content (AvgIpc) is 2.33. The monoisotopic (exact) mass is 258 g/mol. The summed E-state index contributed by atoms with van der Waals surface area (Å²) in [6, 6.07) is 6.77. The fourth-order valence-corrected chi connectivity index (χ4v) is 2.17. The Morgan fingerprint density at radius 2 is 2.18 bits per heavy atom. The van der Waals surface area contributed by atoms with Crippen molar-refractivity contribution in [3.63, 3.8) is 0 Å². The second kappa shape index (κ2) is 8.48. The predicted molar refractivity (Wildman–Crippen MR) is 70.0 cm³/mol. The first-order valence-electron chi connectivity index (χ1n) is 6.05. The Morgan fingerprint density at radius 1 is 1.35 bits per heavy atom. The molecular weight excluding hydrogens is 239 g/mol. The van der Waals surface area contributed by atoms with Gasteiger partial charge in [-0.05, 0) is 42.9 Å². The summed E-state index contributed by atoms with van der Waals surface area (Å²) in [6.45, 7) is 0.801. The molecule has 0 aliphatic heterocycles. The molecule has 1 aromatic rings. The Balaban J connectivity index is 2.35. The van der Waals surface area contributed by atoms with Crippen LogP contribution in [-0.2, 0) is 11.2 Å². The van der Waals surface area contributed by atoms with E-state index in [2.05, 4.69) is 0 Å². The van der Waals surface area contributed by atoms with Crippen LogP contribution < -0.4 is 0 Å². The van der Waals surface area contributed by atoms with E-state index in [1.54, 1.807) is 19.2 Å². The van der Waals surface area contributed by atoms with E-state index in [-0.39, 0.29) is 5.82 Å². The van der Waals surface area contributed by atoms with Gasteiger partial charge in [0.2, 0.25) is 0 Å². The zero-order chi connectivity index (χ0) is 12.5. The fourth-order valence-electron chi connectivity index (χ4n) is 1.91. The topological polar surface area (TPSA) is 9.23 Å². The van der Waals surface area contributed by atoms with Crippen molar-refractivity contribution in [2.75, 3.05) is 19.6 Å². The van der Waals surface area contributed by atoms with Gasteiger partial charge in [0, 0.05) is 19.6 Å². The molecule has 0 saturated heterocycles. The zero-order valence-corrected chi connectivity index (χ0v) is 11.0. The molecule has 0 aliphatic carbocycles. The second-order valence-corrected chi connectivity index (χ2v) is 4.65. The number of alkyl halides is 1. The van der Waals surface area contributed by atoms with Gasteiger partial charge in [0.25, 0.3) is 0 Å². The minimum absolute atomic E-state index is 0.171. The smallest absolute Gasteiger partial charge is 0.123 e. The van der Waals surface area contributed by atoms with E-state index in [1.165, 1.54) is 6.07 Å². The molecule has 1 aromatic carbocycles. The maximum Gasteiger partial charge on any atom is 0.123 e. The number of methoxy groups -OCH3 is 1. The molecule has 1 atom stereocenters. The quantitative estimate of drug-likeness (QED) is 0.505. The highest BCUT2D eigenvalue weighted by Gasteiger charge is 2.08. The van der Waals surface area contributed by atoms with Gasteiger partial charge in [0.1, 0.15) is 5.82 Å². The van der Waals surface area contributed by atoms with Crippen molar-refractivity contribution >= 4 is 11.6 Å². The summed E-state index contributed by atoms with van der Waals surface area (Å²) in [5.41, 5.74) is 1.03. The molecule has 0 fully saturated rings. The van der Waals surface area contributed by atoms with Crippen molar-refractivity contribution < 1.29 is 9.13 Å². The van der Waals surface area contributed by atoms with Crippen molar-refractivity contribution in [3.05, 3.63) is 35.6 Å². The van der Waals surface area contributed by atoms with Crippen molar-refractivity contribution in [1.29, 1.82) is 0 Å². The summed E-state index contributed by atoms with van der Waals surface area (Å²) in [5.74, 6) is 0.884. The maximum absolute atomic E-state index is 13.0. The third kappa shape index (κ3) is 6.04. The average molecular weight is 259 g/mol. The van der Waals surface area contributed by atoms with Gasteiger partial charge in [-0.1, -0.05) is 18.6 Å². The summed E-state index contributed by atoms with van der Waals surface area (Å²) >= 11 is 5.95. The van der Waals surface area contributed by atoms with Crippen LogP contribution in [0.1, 0.15) is 24.8 Å². The van der Waals surface area contributed by atoms with E-state index in [4.69, 9.17) is 16.3 Å². The minimum Gasteiger partial charge on any atom is -0.385 e. The Kier molecular flexibility index (Phi) is 7.22. The van der Waals surface area contributed by atoms with E-state index in [9.17, 15) is 4.39 Å². The molecule has 0 radical (unpaired) electrons. The van der Waals surface area contributed by atoms with E-state index >= 15 is 0 Å². The molecule has 0 bridgehead atoms. The molecular formula is C14H20ClFO. The van der Waals surface area contributed by atoms with Gasteiger partial charge >= 0.3 is 0 Å². The number of hydrogen-bond donors (Lipinski definition) is 0. The molecule has 0 aliphatic rings. The Labute approximate surface area is 108 Å². The van der Waals surface area contributed by atoms with Crippen molar-refractivity contribution in [2.24, 2.45) is 5.92 Å². The molecule has 0 N–H and O–H groups in total. The largest absolute Gasteiger partial charge is 0.385 e. The lowest BCUT2D eigenvalue weighted by atomic mass is 9.96. The molecule has 96 valence electrons. The SMILES string of the molecule is COCCCCC(CCl)Cc1cccc(F)c1. The van der Waals surface area contributed by atoms with Crippen LogP contribution in [0.25, 0.3) is 0 Å². The fraction of sp³-hybridized carbons (Fsp3) is 0.571. The zero-order valence-electron chi connectivity index (χ0n) is 10.3. The third-order valence-corrected chi connectivity index (χ3v) is 3.28. The van der Waals surface area contributed by atoms with Gasteiger partial charge in [-0.15, -0.1) is 11.6 Å². The van der Waals surface area contributed by atoms with Crippen LogP contribution in [0, 0.1) is 11.7 Å². The molecule has 3 heteroatoms. The van der Waals surface area contributed by atoms with Crippen LogP contribution >= 0.6 is 11.6 Å². The van der Waals surface area contributed by atoms with E-state index in [0.29, 0.717) is 11.8 Å². The third-order valence-electron chi connectivity index (χ3n) is 2.84. The van der Waals surface area contributed by atoms with Crippen molar-refractivity contribution in [3.8, 4) is 0 Å². The van der Waals surface area contributed by atoms with Crippen LogP contribution in [0.2, 0.25) is 0 Å². The predicted octanol–water partition coefficient (Wildman–Crippen LogP) is 4.04. The number of ether oxygens (including phenoxy) is 1. The molecule has 0 heterocycles. The first kappa shape index (κ1) is 14.5. The first-order valence-corrected chi connectivity index (χ1v) is 6.59.